The third-order valence-electron chi connectivity index (χ3n) is 3.22. The van der Waals surface area contributed by atoms with E-state index in [-0.39, 0.29) is 52.8 Å². The fourth-order valence-corrected chi connectivity index (χ4v) is 2.36. The molecule has 0 aliphatic rings. The summed E-state index contributed by atoms with van der Waals surface area (Å²) in [6.45, 7) is 3.79. The van der Waals surface area contributed by atoms with Crippen molar-refractivity contribution in [3.05, 3.63) is 0 Å². The smallest absolute Gasteiger partial charge is 1.00 e. The minimum atomic E-state index is -3.81. The number of rotatable bonds is 11. The quantitative estimate of drug-likeness (QED) is 0.356. The zero-order chi connectivity index (χ0) is 13.1. The van der Waals surface area contributed by atoms with Gasteiger partial charge in [0.2, 0.25) is 0 Å². The van der Waals surface area contributed by atoms with Gasteiger partial charge in [-0.2, -0.15) is 8.42 Å². The van der Waals surface area contributed by atoms with Crippen LogP contribution in [0, 0.1) is 0 Å². The molecule has 0 saturated carbocycles. The van der Waals surface area contributed by atoms with Crippen molar-refractivity contribution in [2.75, 3.05) is 0 Å². The minimum Gasteiger partial charge on any atom is -1.00 e. The molecule has 1 atom stereocenters. The summed E-state index contributed by atoms with van der Waals surface area (Å²) >= 11 is 0. The van der Waals surface area contributed by atoms with Gasteiger partial charge >= 0.3 is 51.4 Å². The van der Waals surface area contributed by atoms with Crippen LogP contribution in [-0.2, 0) is 10.1 Å². The number of hydrogen-bond donors (Lipinski definition) is 1. The van der Waals surface area contributed by atoms with Gasteiger partial charge in [-0.1, -0.05) is 64.7 Å². The Morgan fingerprint density at radius 3 is 1.72 bits per heavy atom. The molecule has 0 aromatic carbocycles. The third-order valence-corrected chi connectivity index (χ3v) is 4.48. The van der Waals surface area contributed by atoms with E-state index in [1.807, 2.05) is 0 Å². The molecule has 0 aliphatic heterocycles. The van der Waals surface area contributed by atoms with E-state index in [0.29, 0.717) is 6.42 Å². The minimum absolute atomic E-state index is 0. The van der Waals surface area contributed by atoms with Crippen molar-refractivity contribution in [2.24, 2.45) is 0 Å². The van der Waals surface area contributed by atoms with Crippen LogP contribution >= 0.6 is 0 Å². The molecule has 0 rings (SSSR count). The van der Waals surface area contributed by atoms with E-state index < -0.39 is 15.4 Å². The molecule has 0 aromatic heterocycles. The molecule has 18 heavy (non-hydrogen) atoms. The van der Waals surface area contributed by atoms with Crippen molar-refractivity contribution in [3.63, 3.8) is 0 Å². The van der Waals surface area contributed by atoms with Crippen LogP contribution in [0.5, 0.6) is 0 Å². The van der Waals surface area contributed by atoms with Crippen molar-refractivity contribution >= 4 is 10.1 Å². The van der Waals surface area contributed by atoms with E-state index in [9.17, 15) is 8.42 Å². The second-order valence-corrected chi connectivity index (χ2v) is 6.78. The van der Waals surface area contributed by atoms with E-state index in [0.717, 1.165) is 12.8 Å². The van der Waals surface area contributed by atoms with E-state index >= 15 is 0 Å². The SMILES string of the molecule is CCCCCCCCCCCC(C)S(=O)(=O)O.[H-].[K+]. The summed E-state index contributed by atoms with van der Waals surface area (Å²) in [7, 11) is -3.81. The Morgan fingerprint density at radius 2 is 1.33 bits per heavy atom. The summed E-state index contributed by atoms with van der Waals surface area (Å²) in [6.07, 6.45) is 11.6. The van der Waals surface area contributed by atoms with Gasteiger partial charge in [0, 0.05) is 0 Å². The van der Waals surface area contributed by atoms with Gasteiger partial charge in [0.05, 0.1) is 5.25 Å². The first-order valence-corrected chi connectivity index (χ1v) is 8.45. The molecule has 0 bridgehead atoms. The van der Waals surface area contributed by atoms with Gasteiger partial charge in [0.15, 0.2) is 0 Å². The molecule has 0 aliphatic carbocycles. The molecular formula is C13H29KO3S. The second-order valence-electron chi connectivity index (χ2n) is 4.94. The molecule has 3 nitrogen and oxygen atoms in total. The summed E-state index contributed by atoms with van der Waals surface area (Å²) in [5.41, 5.74) is 0. The van der Waals surface area contributed by atoms with Crippen LogP contribution in [0.15, 0.2) is 0 Å². The Kier molecular flexibility index (Phi) is 16.4. The van der Waals surface area contributed by atoms with E-state index in [4.69, 9.17) is 4.55 Å². The van der Waals surface area contributed by atoms with Crippen LogP contribution in [0.25, 0.3) is 0 Å². The van der Waals surface area contributed by atoms with Gasteiger partial charge in [0.25, 0.3) is 10.1 Å². The van der Waals surface area contributed by atoms with Gasteiger partial charge in [0.1, 0.15) is 0 Å². The first-order valence-electron chi connectivity index (χ1n) is 6.94. The number of hydrogen-bond acceptors (Lipinski definition) is 2. The van der Waals surface area contributed by atoms with Crippen molar-refractivity contribution in [2.45, 2.75) is 83.3 Å². The summed E-state index contributed by atoms with van der Waals surface area (Å²) in [5, 5.41) is -0.605. The Morgan fingerprint density at radius 1 is 0.944 bits per heavy atom. The molecule has 106 valence electrons. The predicted molar refractivity (Wildman–Crippen MR) is 74.0 cm³/mol. The monoisotopic (exact) mass is 304 g/mol. The van der Waals surface area contributed by atoms with Crippen LogP contribution in [0.3, 0.4) is 0 Å². The summed E-state index contributed by atoms with van der Waals surface area (Å²) in [4.78, 5) is 0. The first-order chi connectivity index (χ1) is 7.98. The molecule has 1 unspecified atom stereocenters. The topological polar surface area (TPSA) is 54.4 Å². The first kappa shape index (κ1) is 21.8. The summed E-state index contributed by atoms with van der Waals surface area (Å²) < 4.78 is 30.3. The van der Waals surface area contributed by atoms with Crippen LogP contribution in [-0.4, -0.2) is 18.2 Å². The Balaban J connectivity index is -0.00000128. The Labute approximate surface area is 157 Å². The summed E-state index contributed by atoms with van der Waals surface area (Å²) in [6, 6.07) is 0. The Bertz CT molecular complexity index is 271. The summed E-state index contributed by atoms with van der Waals surface area (Å²) in [5.74, 6) is 0. The molecule has 0 spiro atoms. The molecule has 5 heteroatoms. The molecule has 0 aromatic rings. The fraction of sp³-hybridized carbons (Fsp3) is 1.00. The van der Waals surface area contributed by atoms with Crippen LogP contribution in [0.1, 0.15) is 79.5 Å². The zero-order valence-electron chi connectivity index (χ0n) is 13.3. The van der Waals surface area contributed by atoms with Crippen LogP contribution in [0.4, 0.5) is 0 Å². The van der Waals surface area contributed by atoms with Gasteiger partial charge in [-0.3, -0.25) is 4.55 Å². The third kappa shape index (κ3) is 14.0. The van der Waals surface area contributed by atoms with Gasteiger partial charge in [-0.25, -0.2) is 0 Å². The average molecular weight is 305 g/mol. The standard InChI is InChI=1S/C13H28O3S.K.H/c1-3-4-5-6-7-8-9-10-11-12-13(2)17(14,15)16;;/h13H,3-12H2,1-2H3,(H,14,15,16);;/q;+1;-1. The van der Waals surface area contributed by atoms with Crippen LogP contribution < -0.4 is 51.4 Å². The largest absolute Gasteiger partial charge is 1.00 e. The molecular weight excluding hydrogens is 275 g/mol. The van der Waals surface area contributed by atoms with Crippen LogP contribution in [0.2, 0.25) is 0 Å². The number of unbranched alkanes of at least 4 members (excludes halogenated alkanes) is 8. The van der Waals surface area contributed by atoms with E-state index in [1.165, 1.54) is 44.9 Å². The van der Waals surface area contributed by atoms with E-state index in [1.54, 1.807) is 6.92 Å². The maximum Gasteiger partial charge on any atom is 1.00 e. The van der Waals surface area contributed by atoms with Crippen molar-refractivity contribution in [1.29, 1.82) is 0 Å². The van der Waals surface area contributed by atoms with Crippen molar-refractivity contribution in [3.8, 4) is 0 Å². The van der Waals surface area contributed by atoms with E-state index in [2.05, 4.69) is 6.92 Å². The molecule has 0 radical (unpaired) electrons. The normalized spacial score (nSPS) is 13.1. The molecule has 0 heterocycles. The zero-order valence-corrected chi connectivity index (χ0v) is 16.3. The van der Waals surface area contributed by atoms with Gasteiger partial charge < -0.3 is 1.43 Å². The second kappa shape index (κ2) is 13.5. The molecule has 1 N–H and O–H groups in total. The maximum atomic E-state index is 10.8. The fourth-order valence-electron chi connectivity index (χ4n) is 1.89. The van der Waals surface area contributed by atoms with Gasteiger partial charge in [-0.15, -0.1) is 0 Å². The predicted octanol–water partition coefficient (Wildman–Crippen LogP) is 1.30. The molecule has 0 fully saturated rings. The Hall–Kier alpha value is 1.55. The average Bonchev–Trinajstić information content (AvgIpc) is 2.25. The molecule has 0 saturated heterocycles. The maximum absolute atomic E-state index is 10.8. The van der Waals surface area contributed by atoms with Crippen molar-refractivity contribution < 1.29 is 65.8 Å². The van der Waals surface area contributed by atoms with Crippen molar-refractivity contribution in [1.82, 2.24) is 0 Å². The van der Waals surface area contributed by atoms with Gasteiger partial charge in [-0.05, 0) is 13.3 Å². The molecule has 0 amide bonds.